The summed E-state index contributed by atoms with van der Waals surface area (Å²) in [5.41, 5.74) is 4.27. The number of carbonyl (C=O) groups is 3. The summed E-state index contributed by atoms with van der Waals surface area (Å²) in [6.07, 6.45) is 2.78. The molecule has 9 nitrogen and oxygen atoms in total. The summed E-state index contributed by atoms with van der Waals surface area (Å²) in [6.45, 7) is 1.76. The van der Waals surface area contributed by atoms with Crippen molar-refractivity contribution >= 4 is 61.5 Å². The van der Waals surface area contributed by atoms with E-state index in [0.29, 0.717) is 22.8 Å². The number of rotatable bonds is 8. The van der Waals surface area contributed by atoms with Crippen molar-refractivity contribution in [2.75, 3.05) is 11.9 Å². The number of carbonyl (C=O) groups excluding carboxylic acids is 3. The molecule has 1 aromatic heterocycles. The van der Waals surface area contributed by atoms with Gasteiger partial charge >= 0.3 is 11.8 Å². The van der Waals surface area contributed by atoms with Crippen LogP contribution in [0.4, 0.5) is 5.69 Å². The Labute approximate surface area is 212 Å². The lowest BCUT2D eigenvalue weighted by Gasteiger charge is -2.11. The Morgan fingerprint density at radius 3 is 2.65 bits per heavy atom. The fraction of sp³-hybridized carbons (Fsp3) is 0.130. The number of furan rings is 1. The number of halogens is 2. The molecule has 176 valence electrons. The largest absolute Gasteiger partial charge is 0.483 e. The van der Waals surface area contributed by atoms with E-state index in [2.05, 4.69) is 53.0 Å². The highest BCUT2D eigenvalue weighted by atomic mass is 79.9. The highest BCUT2D eigenvalue weighted by Crippen LogP contribution is 2.22. The molecule has 0 unspecified atom stereocenters. The van der Waals surface area contributed by atoms with Crippen LogP contribution in [0.1, 0.15) is 16.9 Å². The van der Waals surface area contributed by atoms with E-state index >= 15 is 0 Å². The van der Waals surface area contributed by atoms with E-state index in [4.69, 9.17) is 9.15 Å². The van der Waals surface area contributed by atoms with Crippen molar-refractivity contribution in [3.05, 3.63) is 80.6 Å². The van der Waals surface area contributed by atoms with Gasteiger partial charge in [-0.1, -0.05) is 31.9 Å². The lowest BCUT2D eigenvalue weighted by atomic mass is 10.2. The fourth-order valence-electron chi connectivity index (χ4n) is 2.69. The van der Waals surface area contributed by atoms with Crippen molar-refractivity contribution < 1.29 is 23.5 Å². The number of hydrogen-bond acceptors (Lipinski definition) is 6. The van der Waals surface area contributed by atoms with Crippen molar-refractivity contribution in [3.8, 4) is 5.75 Å². The summed E-state index contributed by atoms with van der Waals surface area (Å²) in [7, 11) is 0. The highest BCUT2D eigenvalue weighted by molar-refractivity contribution is 9.10. The molecule has 11 heteroatoms. The molecule has 34 heavy (non-hydrogen) atoms. The van der Waals surface area contributed by atoms with Crippen molar-refractivity contribution in [1.29, 1.82) is 0 Å². The molecule has 3 amide bonds. The monoisotopic (exact) mass is 590 g/mol. The summed E-state index contributed by atoms with van der Waals surface area (Å²) in [6, 6.07) is 13.9. The quantitative estimate of drug-likeness (QED) is 0.208. The summed E-state index contributed by atoms with van der Waals surface area (Å²) >= 11 is 6.77. The molecule has 0 aliphatic carbocycles. The molecule has 0 aliphatic rings. The minimum atomic E-state index is -0.940. The van der Waals surface area contributed by atoms with Crippen molar-refractivity contribution in [2.24, 2.45) is 5.10 Å². The zero-order valence-electron chi connectivity index (χ0n) is 17.9. The lowest BCUT2D eigenvalue weighted by molar-refractivity contribution is -0.139. The lowest BCUT2D eigenvalue weighted by Crippen LogP contribution is -2.37. The summed E-state index contributed by atoms with van der Waals surface area (Å²) < 4.78 is 12.4. The van der Waals surface area contributed by atoms with Crippen LogP contribution < -0.4 is 20.8 Å². The van der Waals surface area contributed by atoms with Gasteiger partial charge in [-0.05, 0) is 61.0 Å². The number of anilines is 1. The second-order valence-corrected chi connectivity index (χ2v) is 8.71. The van der Waals surface area contributed by atoms with Gasteiger partial charge in [0.25, 0.3) is 5.91 Å². The zero-order chi connectivity index (χ0) is 24.5. The maximum absolute atomic E-state index is 12.3. The fourth-order valence-corrected chi connectivity index (χ4v) is 3.31. The van der Waals surface area contributed by atoms with Gasteiger partial charge in [-0.15, -0.1) is 0 Å². The molecule has 0 spiro atoms. The van der Waals surface area contributed by atoms with E-state index in [1.54, 1.807) is 36.4 Å². The predicted molar refractivity (Wildman–Crippen MR) is 133 cm³/mol. The molecule has 0 aliphatic heterocycles. The van der Waals surface area contributed by atoms with Gasteiger partial charge in [0.05, 0.1) is 19.0 Å². The molecule has 0 atom stereocenters. The van der Waals surface area contributed by atoms with E-state index in [-0.39, 0.29) is 19.1 Å². The highest BCUT2D eigenvalue weighted by Gasteiger charge is 2.13. The molecule has 1 heterocycles. The van der Waals surface area contributed by atoms with Crippen molar-refractivity contribution in [2.45, 2.75) is 13.5 Å². The van der Waals surface area contributed by atoms with Gasteiger partial charge in [0, 0.05) is 20.2 Å². The SMILES string of the molecule is Cc1cc(NC(=O)COc2ccc(Br)cc2/C=N\NC(=O)C(=O)NCc2ccco2)ccc1Br. The molecule has 3 N–H and O–H groups in total. The van der Waals surface area contributed by atoms with Crippen LogP contribution >= 0.6 is 31.9 Å². The molecule has 0 bridgehead atoms. The van der Waals surface area contributed by atoms with Gasteiger partial charge < -0.3 is 19.8 Å². The van der Waals surface area contributed by atoms with Crippen LogP contribution in [-0.2, 0) is 20.9 Å². The third-order valence-corrected chi connectivity index (χ3v) is 5.73. The van der Waals surface area contributed by atoms with Crippen LogP contribution in [0, 0.1) is 6.92 Å². The number of hydrogen-bond donors (Lipinski definition) is 3. The van der Waals surface area contributed by atoms with Gasteiger partial charge in [0.2, 0.25) is 0 Å². The minimum absolute atomic E-state index is 0.0779. The van der Waals surface area contributed by atoms with Crippen LogP contribution in [0.5, 0.6) is 5.75 Å². The molecular formula is C23H20Br2N4O5. The molecular weight excluding hydrogens is 572 g/mol. The molecule has 0 saturated carbocycles. The number of benzene rings is 2. The van der Waals surface area contributed by atoms with Gasteiger partial charge in [-0.3, -0.25) is 14.4 Å². The molecule has 3 rings (SSSR count). The Bertz CT molecular complexity index is 1210. The standard InChI is InChI=1S/C23H20Br2N4O5/c1-14-9-17(5-6-19(14)25)28-21(30)13-34-20-7-4-16(24)10-15(20)11-27-29-23(32)22(31)26-12-18-3-2-8-33-18/h2-11H,12-13H2,1H3,(H,26,31)(H,28,30)(H,29,32)/b27-11-. The van der Waals surface area contributed by atoms with E-state index < -0.39 is 11.8 Å². The smallest absolute Gasteiger partial charge is 0.329 e. The zero-order valence-corrected chi connectivity index (χ0v) is 21.1. The average molecular weight is 592 g/mol. The topological polar surface area (TPSA) is 122 Å². The molecule has 0 fully saturated rings. The first-order valence-corrected chi connectivity index (χ1v) is 11.5. The van der Waals surface area contributed by atoms with E-state index in [0.717, 1.165) is 14.5 Å². The summed E-state index contributed by atoms with van der Waals surface area (Å²) in [4.78, 5) is 36.1. The Morgan fingerprint density at radius 2 is 1.91 bits per heavy atom. The Morgan fingerprint density at radius 1 is 1.09 bits per heavy atom. The van der Waals surface area contributed by atoms with Gasteiger partial charge in [-0.2, -0.15) is 5.10 Å². The van der Waals surface area contributed by atoms with Crippen molar-refractivity contribution in [1.82, 2.24) is 10.7 Å². The second-order valence-electron chi connectivity index (χ2n) is 6.94. The third-order valence-electron chi connectivity index (χ3n) is 4.35. The number of nitrogens with zero attached hydrogens (tertiary/aromatic N) is 1. The van der Waals surface area contributed by atoms with E-state index in [1.165, 1.54) is 12.5 Å². The first-order valence-electron chi connectivity index (χ1n) is 9.94. The summed E-state index contributed by atoms with van der Waals surface area (Å²) in [5.74, 6) is -1.26. The van der Waals surface area contributed by atoms with Crippen LogP contribution in [0.25, 0.3) is 0 Å². The maximum atomic E-state index is 12.3. The normalized spacial score (nSPS) is 10.7. The minimum Gasteiger partial charge on any atom is -0.483 e. The first-order chi connectivity index (χ1) is 16.3. The Kier molecular flexibility index (Phi) is 9.00. The van der Waals surface area contributed by atoms with Gasteiger partial charge in [0.15, 0.2) is 6.61 Å². The van der Waals surface area contributed by atoms with Gasteiger partial charge in [0.1, 0.15) is 11.5 Å². The number of ether oxygens (including phenoxy) is 1. The molecule has 2 aromatic carbocycles. The van der Waals surface area contributed by atoms with Crippen LogP contribution in [0.3, 0.4) is 0 Å². The van der Waals surface area contributed by atoms with Crippen LogP contribution in [-0.4, -0.2) is 30.5 Å². The summed E-state index contributed by atoms with van der Waals surface area (Å²) in [5, 5.41) is 8.99. The number of nitrogens with one attached hydrogen (secondary N) is 3. The second kappa shape index (κ2) is 12.1. The predicted octanol–water partition coefficient (Wildman–Crippen LogP) is 3.90. The van der Waals surface area contributed by atoms with Gasteiger partial charge in [-0.25, -0.2) is 5.43 Å². The maximum Gasteiger partial charge on any atom is 0.329 e. The number of hydrazone groups is 1. The average Bonchev–Trinajstić information content (AvgIpc) is 3.33. The Hall–Kier alpha value is -3.44. The first kappa shape index (κ1) is 25.2. The third kappa shape index (κ3) is 7.56. The van der Waals surface area contributed by atoms with E-state index in [1.807, 2.05) is 19.1 Å². The van der Waals surface area contributed by atoms with E-state index in [9.17, 15) is 14.4 Å². The molecule has 0 saturated heterocycles. The van der Waals surface area contributed by atoms with Crippen molar-refractivity contribution in [3.63, 3.8) is 0 Å². The molecule has 0 radical (unpaired) electrons. The molecule has 3 aromatic rings. The number of amides is 3. The van der Waals surface area contributed by atoms with Crippen LogP contribution in [0.2, 0.25) is 0 Å². The van der Waals surface area contributed by atoms with Crippen LogP contribution in [0.15, 0.2) is 73.3 Å². The number of aryl methyl sites for hydroxylation is 1. The Balaban J connectivity index is 1.54.